The average molecular weight is 736 g/mol. The summed E-state index contributed by atoms with van der Waals surface area (Å²) in [6.45, 7) is 0.176. The molecule has 0 radical (unpaired) electrons. The molecule has 0 aromatic heterocycles. The maximum atomic E-state index is 9.10. The van der Waals surface area contributed by atoms with Gasteiger partial charge < -0.3 is 20.1 Å². The second-order valence-electron chi connectivity index (χ2n) is 9.30. The summed E-state index contributed by atoms with van der Waals surface area (Å²) in [5.74, 6) is 1.88. The van der Waals surface area contributed by atoms with Crippen LogP contribution in [0.2, 0.25) is 0 Å². The Morgan fingerprint density at radius 1 is 0.396 bits per heavy atom. The number of phenolic OH excluding ortho intramolecular Hbond substituents is 1. The van der Waals surface area contributed by atoms with Crippen LogP contribution in [0, 0.1) is 0 Å². The maximum absolute atomic E-state index is 9.10. The van der Waals surface area contributed by atoms with Crippen molar-refractivity contribution in [3.63, 3.8) is 0 Å². The summed E-state index contributed by atoms with van der Waals surface area (Å²) in [4.78, 5) is 0. The molecule has 0 saturated carbocycles. The fourth-order valence-corrected chi connectivity index (χ4v) is 4.20. The Morgan fingerprint density at radius 3 is 0.896 bits per heavy atom. The number of rotatable bonds is 7. The van der Waals surface area contributed by atoms with Crippen molar-refractivity contribution in [1.29, 1.82) is 0 Å². The molecule has 0 amide bonds. The molecule has 0 bridgehead atoms. The molecule has 246 valence electrons. The van der Waals surface area contributed by atoms with Gasteiger partial charge >= 0.3 is 29.6 Å². The molecule has 0 heterocycles. The maximum Gasteiger partial charge on any atom is 1.00 e. The monoisotopic (exact) mass is 733 g/mol. The van der Waals surface area contributed by atoms with E-state index in [1.165, 1.54) is 27.8 Å². The van der Waals surface area contributed by atoms with Crippen molar-refractivity contribution in [2.45, 2.75) is 0 Å². The van der Waals surface area contributed by atoms with E-state index in [4.69, 9.17) is 61.0 Å². The van der Waals surface area contributed by atoms with E-state index in [2.05, 4.69) is 48.5 Å². The second kappa shape index (κ2) is 25.8. The summed E-state index contributed by atoms with van der Waals surface area (Å²) in [5, 5.41) is 9.49. The number of hydrogen-bond acceptors (Lipinski definition) is 4. The molecule has 9 heteroatoms. The molecule has 0 unspecified atom stereocenters. The summed E-state index contributed by atoms with van der Waals surface area (Å²) in [7, 11) is 0. The predicted molar refractivity (Wildman–Crippen MR) is 201 cm³/mol. The van der Waals surface area contributed by atoms with Crippen LogP contribution in [-0.4, -0.2) is 28.1 Å². The summed E-state index contributed by atoms with van der Waals surface area (Å²) < 4.78 is 11.4. The second-order valence-corrected chi connectivity index (χ2v) is 10.9. The Hall–Kier alpha value is -3.16. The smallest absolute Gasteiger partial charge is 0.870 e. The van der Waals surface area contributed by atoms with E-state index in [0.717, 1.165) is 17.1 Å². The largest absolute Gasteiger partial charge is 1.00 e. The molecule has 0 aliphatic heterocycles. The van der Waals surface area contributed by atoms with Gasteiger partial charge in [0.25, 0.3) is 0 Å². The van der Waals surface area contributed by atoms with Gasteiger partial charge in [0.2, 0.25) is 6.79 Å². The number of phenols is 1. The van der Waals surface area contributed by atoms with Gasteiger partial charge in [0, 0.05) is 1.43 Å². The first-order valence-electron chi connectivity index (χ1n) is 14.2. The van der Waals surface area contributed by atoms with Crippen LogP contribution in [0.15, 0.2) is 164 Å². The van der Waals surface area contributed by atoms with Crippen molar-refractivity contribution in [3.8, 4) is 50.6 Å². The van der Waals surface area contributed by atoms with Gasteiger partial charge in [-0.2, -0.15) is 0 Å². The minimum atomic E-state index is 0. The Bertz CT molecular complexity index is 1550. The summed E-state index contributed by atoms with van der Waals surface area (Å²) in [6.07, 6.45) is 0. The van der Waals surface area contributed by atoms with Gasteiger partial charge in [-0.3, -0.25) is 0 Å². The van der Waals surface area contributed by atoms with Crippen molar-refractivity contribution < 1.29 is 51.0 Å². The molecule has 0 atom stereocenters. The summed E-state index contributed by atoms with van der Waals surface area (Å²) >= 11 is 19.1. The molecule has 4 nitrogen and oxygen atoms in total. The van der Waals surface area contributed by atoms with Crippen LogP contribution in [0.25, 0.3) is 33.4 Å². The van der Waals surface area contributed by atoms with E-state index in [-0.39, 0.29) is 53.9 Å². The van der Waals surface area contributed by atoms with Crippen molar-refractivity contribution in [2.75, 3.05) is 17.5 Å². The molecular formula is C39H37Cl4NaO4. The van der Waals surface area contributed by atoms with Crippen LogP contribution in [0.1, 0.15) is 1.43 Å². The van der Waals surface area contributed by atoms with Gasteiger partial charge in [0.1, 0.15) is 17.2 Å². The van der Waals surface area contributed by atoms with Gasteiger partial charge in [-0.05, 0) is 69.8 Å². The minimum Gasteiger partial charge on any atom is -0.870 e. The number of aromatic hydroxyl groups is 1. The van der Waals surface area contributed by atoms with Crippen molar-refractivity contribution in [2.24, 2.45) is 0 Å². The van der Waals surface area contributed by atoms with Crippen LogP contribution in [0.4, 0.5) is 0 Å². The van der Waals surface area contributed by atoms with Crippen LogP contribution in [-0.2, 0) is 0 Å². The van der Waals surface area contributed by atoms with E-state index in [1.807, 2.05) is 103 Å². The minimum absolute atomic E-state index is 0. The van der Waals surface area contributed by atoms with E-state index in [9.17, 15) is 0 Å². The number of halogens is 4. The van der Waals surface area contributed by atoms with E-state index in [0.29, 0.717) is 5.75 Å². The van der Waals surface area contributed by atoms with Gasteiger partial charge in [-0.25, -0.2) is 0 Å². The normalized spacial score (nSPS) is 9.25. The van der Waals surface area contributed by atoms with Gasteiger partial charge in [0.05, 0.1) is 10.7 Å². The van der Waals surface area contributed by atoms with Gasteiger partial charge in [-0.1, -0.05) is 127 Å². The first-order valence-corrected chi connectivity index (χ1v) is 16.4. The molecule has 0 aliphatic rings. The molecular weight excluding hydrogens is 697 g/mol. The number of ether oxygens (including phenoxy) is 2. The first kappa shape index (κ1) is 42.9. The molecule has 0 spiro atoms. The molecule has 48 heavy (non-hydrogen) atoms. The fraction of sp³-hybridized carbons (Fsp3) is 0.0769. The van der Waals surface area contributed by atoms with E-state index < -0.39 is 0 Å². The Labute approximate surface area is 326 Å². The van der Waals surface area contributed by atoms with E-state index in [1.54, 1.807) is 12.1 Å². The molecule has 2 N–H and O–H groups in total. The molecule has 0 fully saturated rings. The molecule has 0 saturated heterocycles. The van der Waals surface area contributed by atoms with Crippen molar-refractivity contribution in [1.82, 2.24) is 0 Å². The third-order valence-electron chi connectivity index (χ3n) is 6.35. The predicted octanol–water partition coefficient (Wildman–Crippen LogP) is 9.41. The zero-order chi connectivity index (χ0) is 32.8. The summed E-state index contributed by atoms with van der Waals surface area (Å²) in [6, 6.07) is 53.9. The van der Waals surface area contributed by atoms with Crippen LogP contribution in [0.5, 0.6) is 17.2 Å². The Kier molecular flexibility index (Phi) is 23.0. The molecule has 6 aromatic rings. The van der Waals surface area contributed by atoms with Gasteiger partial charge in [-0.15, -0.1) is 46.4 Å². The Balaban J connectivity index is 0.000000883. The van der Waals surface area contributed by atoms with Crippen molar-refractivity contribution >= 4 is 46.4 Å². The third kappa shape index (κ3) is 15.8. The zero-order valence-corrected chi connectivity index (χ0v) is 31.5. The topological polar surface area (TPSA) is 68.7 Å². The average Bonchev–Trinajstić information content (AvgIpc) is 3.11. The Morgan fingerprint density at radius 2 is 0.625 bits per heavy atom. The van der Waals surface area contributed by atoms with E-state index >= 15 is 0 Å². The molecule has 6 aromatic carbocycles. The number of hydrogen-bond donors (Lipinski definition) is 1. The van der Waals surface area contributed by atoms with Gasteiger partial charge in [0.15, 0.2) is 0 Å². The molecule has 6 rings (SSSR count). The SMILES string of the molecule is ClCCl.ClCCl.Oc1ccc(-c2ccccc2)cc1.[2HH].[Na+].[OH-].c1ccc(-c2ccc(OCOc3ccc(-c4ccccc4)cc3)cc2)cc1. The van der Waals surface area contributed by atoms with Crippen molar-refractivity contribution in [3.05, 3.63) is 164 Å². The molecule has 0 aliphatic carbocycles. The number of alkyl halides is 4. The fourth-order valence-electron chi connectivity index (χ4n) is 4.20. The quantitative estimate of drug-likeness (QED) is 0.101. The van der Waals surface area contributed by atoms with Crippen LogP contribution in [0.3, 0.4) is 0 Å². The van der Waals surface area contributed by atoms with Crippen LogP contribution < -0.4 is 39.0 Å². The first-order chi connectivity index (χ1) is 22.6. The van der Waals surface area contributed by atoms with Crippen LogP contribution >= 0.6 is 46.4 Å². The standard InChI is InChI=1S/C25H20O2.C12H10O.2CH2Cl2.Na.H2O.H2/c1-3-7-20(8-4-1)22-11-15-24(16-12-22)26-19-27-25-17-13-23(14-18-25)21-9-5-2-6-10-21;13-12-8-6-11(7-9-12)10-4-2-1-3-5-10;2*2-1-3;;;/h1-18H,19H2;1-9,13H;2*1H2;;1H2;1H/q;;;;+1;;/p-1/i;;;;;;1+1. The summed E-state index contributed by atoms with van der Waals surface area (Å²) in [5.41, 5.74) is 7.01. The number of benzene rings is 6. The zero-order valence-electron chi connectivity index (χ0n) is 26.4. The third-order valence-corrected chi connectivity index (χ3v) is 6.35.